The summed E-state index contributed by atoms with van der Waals surface area (Å²) in [6.45, 7) is 1.52. The summed E-state index contributed by atoms with van der Waals surface area (Å²) in [5.41, 5.74) is 3.95. The van der Waals surface area contributed by atoms with Gasteiger partial charge in [-0.3, -0.25) is 4.90 Å². The Balaban J connectivity index is 1.66. The quantitative estimate of drug-likeness (QED) is 0.695. The van der Waals surface area contributed by atoms with Gasteiger partial charge < -0.3 is 20.3 Å². The van der Waals surface area contributed by atoms with Gasteiger partial charge in [0.1, 0.15) is 0 Å². The predicted octanol–water partition coefficient (Wildman–Crippen LogP) is 1.24. The number of anilines is 1. The first-order chi connectivity index (χ1) is 13.1. The van der Waals surface area contributed by atoms with Gasteiger partial charge in [-0.25, -0.2) is 4.79 Å². The smallest absolute Gasteiger partial charge is 0.335 e. The van der Waals surface area contributed by atoms with Gasteiger partial charge in [-0.15, -0.1) is 0 Å². The van der Waals surface area contributed by atoms with Crippen LogP contribution in [0.15, 0.2) is 35.5 Å². The number of fused-ring (bicyclic) bond motifs is 1. The number of piperidine rings is 1. The zero-order valence-corrected chi connectivity index (χ0v) is 15.5. The van der Waals surface area contributed by atoms with Gasteiger partial charge in [0.25, 0.3) is 0 Å². The number of aliphatic hydroxyl groups is 2. The molecule has 0 bridgehead atoms. The molecule has 2 saturated heterocycles. The lowest BCUT2D eigenvalue weighted by atomic mass is 9.60. The van der Waals surface area contributed by atoms with E-state index in [0.717, 1.165) is 42.9 Å². The summed E-state index contributed by atoms with van der Waals surface area (Å²) in [5.74, 6) is 0.0427. The normalized spacial score (nSPS) is 35.1. The third kappa shape index (κ3) is 2.21. The Morgan fingerprint density at radius 2 is 2.26 bits per heavy atom. The average molecular weight is 370 g/mol. The fraction of sp³-hybridized carbons (Fsp3) is 0.571. The third-order valence-corrected chi connectivity index (χ3v) is 7.26. The number of para-hydroxylation sites is 1. The minimum atomic E-state index is -0.705. The molecule has 1 aliphatic carbocycles. The third-order valence-electron chi connectivity index (χ3n) is 7.26. The van der Waals surface area contributed by atoms with Crippen molar-refractivity contribution in [3.8, 4) is 0 Å². The molecule has 6 nitrogen and oxygen atoms in total. The van der Waals surface area contributed by atoms with E-state index in [1.54, 1.807) is 0 Å². The highest BCUT2D eigenvalue weighted by Crippen LogP contribution is 2.61. The van der Waals surface area contributed by atoms with Gasteiger partial charge in [0.05, 0.1) is 30.8 Å². The van der Waals surface area contributed by atoms with Crippen LogP contribution in [0.4, 0.5) is 5.69 Å². The molecule has 3 heterocycles. The molecule has 0 aromatic heterocycles. The molecule has 5 atom stereocenters. The summed E-state index contributed by atoms with van der Waals surface area (Å²) in [6, 6.07) is 8.69. The maximum absolute atomic E-state index is 12.7. The second-order valence-corrected chi connectivity index (χ2v) is 8.39. The monoisotopic (exact) mass is 370 g/mol. The van der Waals surface area contributed by atoms with Crippen LogP contribution in [-0.4, -0.2) is 60.0 Å². The van der Waals surface area contributed by atoms with E-state index in [2.05, 4.69) is 28.4 Å². The molecule has 5 rings (SSSR count). The van der Waals surface area contributed by atoms with E-state index in [0.29, 0.717) is 12.5 Å². The number of benzene rings is 1. The van der Waals surface area contributed by atoms with Crippen LogP contribution in [0.3, 0.4) is 0 Å². The van der Waals surface area contributed by atoms with Gasteiger partial charge in [-0.2, -0.15) is 0 Å². The van der Waals surface area contributed by atoms with Gasteiger partial charge in [0.2, 0.25) is 0 Å². The highest BCUT2D eigenvalue weighted by molar-refractivity contribution is 5.93. The Morgan fingerprint density at radius 3 is 3.04 bits per heavy atom. The second-order valence-electron chi connectivity index (χ2n) is 8.39. The summed E-state index contributed by atoms with van der Waals surface area (Å²) in [7, 11) is 1.44. The predicted molar refractivity (Wildman–Crippen MR) is 100 cm³/mol. The van der Waals surface area contributed by atoms with E-state index in [4.69, 9.17) is 4.74 Å². The van der Waals surface area contributed by atoms with E-state index in [9.17, 15) is 15.0 Å². The van der Waals surface area contributed by atoms with E-state index in [1.165, 1.54) is 12.7 Å². The van der Waals surface area contributed by atoms with Crippen molar-refractivity contribution in [3.63, 3.8) is 0 Å². The lowest BCUT2D eigenvalue weighted by molar-refractivity contribution is -0.137. The second kappa shape index (κ2) is 6.06. The van der Waals surface area contributed by atoms with E-state index in [-0.39, 0.29) is 29.8 Å². The minimum absolute atomic E-state index is 0.0384. The van der Waals surface area contributed by atoms with Crippen LogP contribution in [0.1, 0.15) is 24.8 Å². The molecule has 4 aliphatic rings. The summed E-state index contributed by atoms with van der Waals surface area (Å²) in [6.07, 6.45) is 1.72. The fourth-order valence-electron chi connectivity index (χ4n) is 6.29. The lowest BCUT2D eigenvalue weighted by Gasteiger charge is -2.50. The van der Waals surface area contributed by atoms with Crippen molar-refractivity contribution in [2.24, 2.45) is 11.8 Å². The molecule has 6 heteroatoms. The summed E-state index contributed by atoms with van der Waals surface area (Å²) >= 11 is 0. The molecule has 5 unspecified atom stereocenters. The fourth-order valence-corrected chi connectivity index (χ4v) is 6.29. The number of aliphatic hydroxyl groups excluding tert-OH is 2. The van der Waals surface area contributed by atoms with Crippen molar-refractivity contribution >= 4 is 11.7 Å². The molecule has 3 aliphatic heterocycles. The Bertz CT molecular complexity index is 822. The first-order valence-corrected chi connectivity index (χ1v) is 9.81. The Hall–Kier alpha value is -1.89. The molecule has 2 fully saturated rings. The zero-order valence-electron chi connectivity index (χ0n) is 15.5. The number of nitrogens with zero attached hydrogens (tertiary/aromatic N) is 1. The molecule has 0 saturated carbocycles. The van der Waals surface area contributed by atoms with Gasteiger partial charge >= 0.3 is 5.97 Å². The number of esters is 1. The topological polar surface area (TPSA) is 82.0 Å². The van der Waals surface area contributed by atoms with E-state index in [1.807, 2.05) is 6.07 Å². The van der Waals surface area contributed by atoms with Crippen LogP contribution in [0, 0.1) is 11.8 Å². The van der Waals surface area contributed by atoms with Crippen LogP contribution in [0.5, 0.6) is 0 Å². The first-order valence-electron chi connectivity index (χ1n) is 9.81. The van der Waals surface area contributed by atoms with Crippen LogP contribution < -0.4 is 5.32 Å². The molecule has 0 radical (unpaired) electrons. The van der Waals surface area contributed by atoms with Gasteiger partial charge in [0.15, 0.2) is 0 Å². The zero-order chi connectivity index (χ0) is 18.8. The Kier molecular flexibility index (Phi) is 3.86. The average Bonchev–Trinajstić information content (AvgIpc) is 3.26. The van der Waals surface area contributed by atoms with Crippen LogP contribution >= 0.6 is 0 Å². The SMILES string of the molecule is COC(=O)C1=C2Nc3ccccc3C23CCN2CC(C(O)CO)CC(C1)C23. The van der Waals surface area contributed by atoms with Crippen molar-refractivity contribution in [1.29, 1.82) is 0 Å². The van der Waals surface area contributed by atoms with Gasteiger partial charge in [0, 0.05) is 29.9 Å². The molecule has 144 valence electrons. The van der Waals surface area contributed by atoms with Crippen molar-refractivity contribution in [2.75, 3.05) is 32.1 Å². The minimum Gasteiger partial charge on any atom is -0.466 e. The molecule has 0 amide bonds. The molecule has 3 N–H and O–H groups in total. The summed E-state index contributed by atoms with van der Waals surface area (Å²) in [4.78, 5) is 15.1. The van der Waals surface area contributed by atoms with Gasteiger partial charge in [-0.1, -0.05) is 18.2 Å². The molecule has 1 aromatic carbocycles. The molecule has 1 spiro atoms. The number of methoxy groups -OCH3 is 1. The molecular formula is C21H26N2O4. The Labute approximate surface area is 158 Å². The van der Waals surface area contributed by atoms with Crippen LogP contribution in [-0.2, 0) is 14.9 Å². The van der Waals surface area contributed by atoms with Crippen molar-refractivity contribution in [3.05, 3.63) is 41.1 Å². The molecule has 27 heavy (non-hydrogen) atoms. The first kappa shape index (κ1) is 17.2. The maximum atomic E-state index is 12.7. The number of carbonyl (C=O) groups is 1. The highest BCUT2D eigenvalue weighted by atomic mass is 16.5. The Morgan fingerprint density at radius 1 is 1.44 bits per heavy atom. The van der Waals surface area contributed by atoms with Crippen LogP contribution in [0.2, 0.25) is 0 Å². The number of hydrogen-bond donors (Lipinski definition) is 3. The number of ether oxygens (including phenoxy) is 1. The van der Waals surface area contributed by atoms with E-state index >= 15 is 0 Å². The molecular weight excluding hydrogens is 344 g/mol. The largest absolute Gasteiger partial charge is 0.466 e. The number of hydrogen-bond acceptors (Lipinski definition) is 6. The number of rotatable bonds is 3. The lowest BCUT2D eigenvalue weighted by Crippen LogP contribution is -2.57. The van der Waals surface area contributed by atoms with Crippen molar-refractivity contribution in [1.82, 2.24) is 4.90 Å². The number of carbonyl (C=O) groups excluding carboxylic acids is 1. The maximum Gasteiger partial charge on any atom is 0.335 e. The molecule has 1 aromatic rings. The summed E-state index contributed by atoms with van der Waals surface area (Å²) < 4.78 is 5.14. The van der Waals surface area contributed by atoms with Gasteiger partial charge in [-0.05, 0) is 43.4 Å². The standard InChI is InChI=1S/C21H26N2O4/c1-27-20(26)14-9-12-8-13(17(25)11-24)10-23-7-6-21(19(12)23)15-4-2-3-5-16(15)22-18(14)21/h2-5,12-13,17,19,22,24-25H,6-11H2,1H3. The summed E-state index contributed by atoms with van der Waals surface area (Å²) in [5, 5.41) is 23.3. The highest BCUT2D eigenvalue weighted by Gasteiger charge is 2.62. The van der Waals surface area contributed by atoms with Crippen LogP contribution in [0.25, 0.3) is 0 Å². The van der Waals surface area contributed by atoms with E-state index < -0.39 is 6.10 Å². The number of nitrogens with one attached hydrogen (secondary N) is 1. The van der Waals surface area contributed by atoms with Crippen molar-refractivity contribution in [2.45, 2.75) is 36.8 Å². The van der Waals surface area contributed by atoms with Crippen molar-refractivity contribution < 1.29 is 19.7 Å².